The number of aromatic nitrogens is 2. The van der Waals surface area contributed by atoms with Gasteiger partial charge in [-0.25, -0.2) is 9.29 Å². The normalized spacial score (nSPS) is 18.5. The molecule has 0 atom stereocenters. The SMILES string of the molecule is CCCNSN1CC(C2=CB(O)Oc3cnc4[nH]ccc4c32)C1. The van der Waals surface area contributed by atoms with Gasteiger partial charge in [-0.2, -0.15) is 0 Å². The zero-order chi connectivity index (χ0) is 15.8. The van der Waals surface area contributed by atoms with Crippen LogP contribution in [0.25, 0.3) is 16.6 Å². The topological polar surface area (TPSA) is 73.4 Å². The summed E-state index contributed by atoms with van der Waals surface area (Å²) in [7, 11) is -0.893. The predicted octanol–water partition coefficient (Wildman–Crippen LogP) is 1.85. The van der Waals surface area contributed by atoms with E-state index < -0.39 is 7.12 Å². The molecule has 1 saturated heterocycles. The lowest BCUT2D eigenvalue weighted by Crippen LogP contribution is -2.45. The van der Waals surface area contributed by atoms with Crippen LogP contribution >= 0.6 is 12.1 Å². The molecule has 0 spiro atoms. The molecule has 2 aromatic rings. The highest BCUT2D eigenvalue weighted by molar-refractivity contribution is 7.95. The van der Waals surface area contributed by atoms with Crippen molar-refractivity contribution in [3.8, 4) is 5.75 Å². The van der Waals surface area contributed by atoms with E-state index in [1.807, 2.05) is 18.2 Å². The van der Waals surface area contributed by atoms with Crippen LogP contribution in [0, 0.1) is 5.92 Å². The molecule has 0 aromatic carbocycles. The van der Waals surface area contributed by atoms with Crippen molar-refractivity contribution >= 4 is 35.9 Å². The van der Waals surface area contributed by atoms with Gasteiger partial charge in [0.25, 0.3) is 0 Å². The largest absolute Gasteiger partial charge is 0.552 e. The Morgan fingerprint density at radius 2 is 2.43 bits per heavy atom. The summed E-state index contributed by atoms with van der Waals surface area (Å²) in [6, 6.07) is 2.02. The second-order valence-electron chi connectivity index (χ2n) is 5.90. The molecular weight excluding hydrogens is 311 g/mol. The van der Waals surface area contributed by atoms with Crippen LogP contribution in [0.3, 0.4) is 0 Å². The fourth-order valence-electron chi connectivity index (χ4n) is 3.07. The van der Waals surface area contributed by atoms with Gasteiger partial charge >= 0.3 is 7.12 Å². The van der Waals surface area contributed by atoms with Crippen LogP contribution in [0.2, 0.25) is 0 Å². The van der Waals surface area contributed by atoms with Gasteiger partial charge in [-0.1, -0.05) is 6.92 Å². The van der Waals surface area contributed by atoms with E-state index in [1.165, 1.54) is 0 Å². The average molecular weight is 330 g/mol. The second kappa shape index (κ2) is 6.20. The molecule has 2 aliphatic rings. The quantitative estimate of drug-likeness (QED) is 0.441. The molecule has 120 valence electrons. The number of H-pyrrole nitrogens is 1. The number of rotatable bonds is 5. The Balaban J connectivity index is 1.57. The van der Waals surface area contributed by atoms with Crippen molar-refractivity contribution in [1.29, 1.82) is 0 Å². The second-order valence-corrected chi connectivity index (χ2v) is 6.88. The molecule has 0 saturated carbocycles. The number of nitrogens with one attached hydrogen (secondary N) is 2. The van der Waals surface area contributed by atoms with E-state index in [4.69, 9.17) is 4.65 Å². The number of nitrogens with zero attached hydrogens (tertiary/aromatic N) is 2. The van der Waals surface area contributed by atoms with Gasteiger partial charge in [0.15, 0.2) is 0 Å². The highest BCUT2D eigenvalue weighted by Gasteiger charge is 2.36. The van der Waals surface area contributed by atoms with E-state index in [2.05, 4.69) is 25.9 Å². The van der Waals surface area contributed by atoms with Crippen LogP contribution in [0.15, 0.2) is 24.4 Å². The van der Waals surface area contributed by atoms with Crippen LogP contribution < -0.4 is 9.38 Å². The number of hydrogen-bond donors (Lipinski definition) is 3. The van der Waals surface area contributed by atoms with Crippen molar-refractivity contribution in [3.05, 3.63) is 30.0 Å². The van der Waals surface area contributed by atoms with Crippen LogP contribution in [0.5, 0.6) is 5.75 Å². The van der Waals surface area contributed by atoms with Gasteiger partial charge in [-0.15, -0.1) is 0 Å². The van der Waals surface area contributed by atoms with Crippen molar-refractivity contribution in [2.24, 2.45) is 5.92 Å². The average Bonchev–Trinajstić information content (AvgIpc) is 2.97. The van der Waals surface area contributed by atoms with Crippen molar-refractivity contribution in [2.45, 2.75) is 13.3 Å². The fourth-order valence-corrected chi connectivity index (χ4v) is 4.05. The first-order chi connectivity index (χ1) is 11.3. The minimum Gasteiger partial charge on any atom is -0.531 e. The third-order valence-electron chi connectivity index (χ3n) is 4.24. The Hall–Kier alpha value is -1.48. The third-order valence-corrected chi connectivity index (χ3v) is 5.13. The van der Waals surface area contributed by atoms with Gasteiger partial charge in [0.2, 0.25) is 0 Å². The predicted molar refractivity (Wildman–Crippen MR) is 93.6 cm³/mol. The number of fused-ring (bicyclic) bond motifs is 3. The van der Waals surface area contributed by atoms with E-state index >= 15 is 0 Å². The summed E-state index contributed by atoms with van der Waals surface area (Å²) in [6.07, 6.45) is 4.71. The molecule has 2 aromatic heterocycles. The van der Waals surface area contributed by atoms with Crippen molar-refractivity contribution in [3.63, 3.8) is 0 Å². The molecule has 0 aliphatic carbocycles. The first-order valence-electron chi connectivity index (χ1n) is 7.94. The molecule has 0 bridgehead atoms. The van der Waals surface area contributed by atoms with E-state index in [0.29, 0.717) is 11.7 Å². The first kappa shape index (κ1) is 15.1. The van der Waals surface area contributed by atoms with Crippen LogP contribution in [-0.4, -0.2) is 46.0 Å². The molecule has 23 heavy (non-hydrogen) atoms. The molecule has 1 fully saturated rings. The number of pyridine rings is 1. The maximum Gasteiger partial charge on any atom is 0.552 e. The van der Waals surface area contributed by atoms with Gasteiger partial charge in [0, 0.05) is 54.8 Å². The van der Waals surface area contributed by atoms with E-state index in [0.717, 1.165) is 48.2 Å². The highest BCUT2D eigenvalue weighted by Crippen LogP contribution is 2.42. The molecule has 6 nitrogen and oxygen atoms in total. The first-order valence-corrected chi connectivity index (χ1v) is 8.71. The summed E-state index contributed by atoms with van der Waals surface area (Å²) in [5, 5.41) is 11.0. The maximum absolute atomic E-state index is 9.99. The standard InChI is InChI=1S/C15H19BN4O2S/c1-2-4-19-23-20-8-10(9-20)12-6-16(21)22-13-7-18-15-11(14(12)13)3-5-17-15/h3,5-7,10,19,21H,2,4,8-9H2,1H3,(H,17,18). The summed E-state index contributed by atoms with van der Waals surface area (Å²) in [6.45, 7) is 5.11. The Bertz CT molecular complexity index is 744. The Morgan fingerprint density at radius 1 is 1.57 bits per heavy atom. The lowest BCUT2D eigenvalue weighted by molar-refractivity contribution is 0.273. The van der Waals surface area contributed by atoms with E-state index in [-0.39, 0.29) is 0 Å². The van der Waals surface area contributed by atoms with Gasteiger partial charge < -0.3 is 14.7 Å². The van der Waals surface area contributed by atoms with Crippen LogP contribution in [-0.2, 0) is 0 Å². The molecule has 4 rings (SSSR count). The number of hydrogen-bond acceptors (Lipinski definition) is 6. The van der Waals surface area contributed by atoms with Crippen LogP contribution in [0.1, 0.15) is 18.9 Å². The third kappa shape index (κ3) is 2.76. The molecular formula is C15H19BN4O2S. The van der Waals surface area contributed by atoms with Crippen LogP contribution in [0.4, 0.5) is 0 Å². The number of aromatic amines is 1. The molecule has 0 radical (unpaired) electrons. The minimum absolute atomic E-state index is 0.406. The molecule has 2 aliphatic heterocycles. The molecule has 0 unspecified atom stereocenters. The Morgan fingerprint density at radius 3 is 3.26 bits per heavy atom. The summed E-state index contributed by atoms with van der Waals surface area (Å²) in [5.41, 5.74) is 3.08. The maximum atomic E-state index is 9.99. The van der Waals surface area contributed by atoms with Gasteiger partial charge in [-0.05, 0) is 24.0 Å². The van der Waals surface area contributed by atoms with Gasteiger partial charge in [0.1, 0.15) is 11.4 Å². The summed E-state index contributed by atoms with van der Waals surface area (Å²) >= 11 is 1.69. The Labute approximate surface area is 139 Å². The zero-order valence-electron chi connectivity index (χ0n) is 13.0. The smallest absolute Gasteiger partial charge is 0.531 e. The van der Waals surface area contributed by atoms with Gasteiger partial charge in [-0.3, -0.25) is 4.72 Å². The van der Waals surface area contributed by atoms with E-state index in [9.17, 15) is 5.02 Å². The lowest BCUT2D eigenvalue weighted by atomic mass is 9.75. The Kier molecular flexibility index (Phi) is 4.06. The van der Waals surface area contributed by atoms with Crippen molar-refractivity contribution in [1.82, 2.24) is 19.0 Å². The fraction of sp³-hybridized carbons (Fsp3) is 0.400. The minimum atomic E-state index is -0.893. The van der Waals surface area contributed by atoms with Crippen molar-refractivity contribution < 1.29 is 9.68 Å². The monoisotopic (exact) mass is 330 g/mol. The molecule has 8 heteroatoms. The summed E-state index contributed by atoms with van der Waals surface area (Å²) < 4.78 is 11.2. The molecule has 3 N–H and O–H groups in total. The lowest BCUT2D eigenvalue weighted by Gasteiger charge is -2.40. The molecule has 0 amide bonds. The van der Waals surface area contributed by atoms with Gasteiger partial charge in [0.05, 0.1) is 6.20 Å². The van der Waals surface area contributed by atoms with E-state index in [1.54, 1.807) is 18.3 Å². The zero-order valence-corrected chi connectivity index (χ0v) is 13.8. The summed E-state index contributed by atoms with van der Waals surface area (Å²) in [5.74, 6) is 2.90. The summed E-state index contributed by atoms with van der Waals surface area (Å²) in [4.78, 5) is 7.49. The molecule has 4 heterocycles. The highest BCUT2D eigenvalue weighted by atomic mass is 32.2. The van der Waals surface area contributed by atoms with Crippen molar-refractivity contribution in [2.75, 3.05) is 19.6 Å².